The summed E-state index contributed by atoms with van der Waals surface area (Å²) in [6.07, 6.45) is 0.410. The van der Waals surface area contributed by atoms with Crippen LogP contribution in [-0.4, -0.2) is 40.3 Å². The third-order valence-corrected chi connectivity index (χ3v) is 5.39. The normalized spacial score (nSPS) is 16.0. The fourth-order valence-electron chi connectivity index (χ4n) is 3.10. The number of carbonyl (C=O) groups excluding carboxylic acids is 3. The second-order valence-electron chi connectivity index (χ2n) is 6.70. The van der Waals surface area contributed by atoms with Crippen molar-refractivity contribution in [3.8, 4) is 11.5 Å². The van der Waals surface area contributed by atoms with Gasteiger partial charge in [0, 0.05) is 31.7 Å². The molecular formula is C22H23NO5S. The number of hydrogen-bond donors (Lipinski definition) is 0. The fourth-order valence-corrected chi connectivity index (χ4v) is 4.05. The molecule has 0 N–H and O–H groups in total. The maximum absolute atomic E-state index is 12.1. The van der Waals surface area contributed by atoms with Gasteiger partial charge >= 0.3 is 5.97 Å². The first-order chi connectivity index (χ1) is 13.9. The summed E-state index contributed by atoms with van der Waals surface area (Å²) in [6.45, 7) is 4.74. The highest BCUT2D eigenvalue weighted by atomic mass is 32.2. The van der Waals surface area contributed by atoms with Crippen LogP contribution in [0.4, 0.5) is 0 Å². The summed E-state index contributed by atoms with van der Waals surface area (Å²) in [5.41, 5.74) is 1.47. The van der Waals surface area contributed by atoms with Crippen molar-refractivity contribution < 1.29 is 23.9 Å². The molecule has 1 saturated heterocycles. The summed E-state index contributed by atoms with van der Waals surface area (Å²) in [5, 5.41) is 0.0848. The van der Waals surface area contributed by atoms with Gasteiger partial charge < -0.3 is 14.4 Å². The van der Waals surface area contributed by atoms with Gasteiger partial charge in [0.1, 0.15) is 11.5 Å². The number of nitrogens with zero attached hydrogens (tertiary/aromatic N) is 1. The van der Waals surface area contributed by atoms with E-state index in [1.54, 1.807) is 36.1 Å². The molecule has 0 bridgehead atoms. The quantitative estimate of drug-likeness (QED) is 0.638. The molecule has 1 atom stereocenters. The zero-order valence-corrected chi connectivity index (χ0v) is 17.2. The highest BCUT2D eigenvalue weighted by Gasteiger charge is 2.30. The smallest absolute Gasteiger partial charge is 0.338 e. The molecule has 0 aliphatic carbocycles. The molecule has 0 aromatic heterocycles. The molecule has 152 valence electrons. The number of benzene rings is 2. The van der Waals surface area contributed by atoms with E-state index in [0.717, 1.165) is 5.56 Å². The Balaban J connectivity index is 1.56. The number of rotatable bonds is 7. The van der Waals surface area contributed by atoms with Crippen molar-refractivity contribution >= 4 is 28.8 Å². The molecule has 1 amide bonds. The zero-order chi connectivity index (χ0) is 20.8. The van der Waals surface area contributed by atoms with Gasteiger partial charge in [-0.3, -0.25) is 9.59 Å². The number of likely N-dealkylation sites (tertiary alicyclic amines) is 1. The second-order valence-corrected chi connectivity index (χ2v) is 8.18. The summed E-state index contributed by atoms with van der Waals surface area (Å²) >= 11 is 1.24. The van der Waals surface area contributed by atoms with Gasteiger partial charge in [0.2, 0.25) is 5.91 Å². The van der Waals surface area contributed by atoms with Gasteiger partial charge in [-0.1, -0.05) is 23.9 Å². The van der Waals surface area contributed by atoms with E-state index < -0.39 is 0 Å². The maximum atomic E-state index is 12.1. The second kappa shape index (κ2) is 9.60. The molecule has 3 rings (SSSR count). The van der Waals surface area contributed by atoms with Crippen molar-refractivity contribution in [2.75, 3.05) is 13.2 Å². The van der Waals surface area contributed by atoms with Gasteiger partial charge in [-0.05, 0) is 48.9 Å². The lowest BCUT2D eigenvalue weighted by Crippen LogP contribution is -2.24. The molecule has 1 heterocycles. The van der Waals surface area contributed by atoms with Crippen LogP contribution in [0.15, 0.2) is 48.5 Å². The Morgan fingerprint density at radius 2 is 1.69 bits per heavy atom. The topological polar surface area (TPSA) is 72.9 Å². The van der Waals surface area contributed by atoms with E-state index in [1.165, 1.54) is 18.7 Å². The van der Waals surface area contributed by atoms with Crippen molar-refractivity contribution in [2.24, 2.45) is 0 Å². The number of esters is 1. The maximum Gasteiger partial charge on any atom is 0.338 e. The van der Waals surface area contributed by atoms with Crippen molar-refractivity contribution in [2.45, 2.75) is 32.1 Å². The van der Waals surface area contributed by atoms with E-state index >= 15 is 0 Å². The Morgan fingerprint density at radius 1 is 1.07 bits per heavy atom. The standard InChI is InChI=1S/C22H23NO5S/c1-3-27-22(26)17-6-10-19(11-7-17)28-18-8-4-16(5-9-18)13-23-14-20(12-21(23)25)29-15(2)24/h4-11,20H,3,12-14H2,1-2H3. The summed E-state index contributed by atoms with van der Waals surface area (Å²) in [6, 6.07) is 14.3. The lowest BCUT2D eigenvalue weighted by molar-refractivity contribution is -0.128. The third-order valence-electron chi connectivity index (χ3n) is 4.41. The Kier molecular flexibility index (Phi) is 6.93. The number of ether oxygens (including phenoxy) is 2. The minimum absolute atomic E-state index is 0.0418. The molecule has 29 heavy (non-hydrogen) atoms. The molecule has 1 aliphatic heterocycles. The largest absolute Gasteiger partial charge is 0.462 e. The fraction of sp³-hybridized carbons (Fsp3) is 0.318. The average molecular weight is 413 g/mol. The highest BCUT2D eigenvalue weighted by molar-refractivity contribution is 8.14. The zero-order valence-electron chi connectivity index (χ0n) is 16.4. The van der Waals surface area contributed by atoms with Gasteiger partial charge in [-0.25, -0.2) is 4.79 Å². The van der Waals surface area contributed by atoms with Crippen molar-refractivity contribution in [1.29, 1.82) is 0 Å². The van der Waals surface area contributed by atoms with Crippen LogP contribution in [0.2, 0.25) is 0 Å². The minimum Gasteiger partial charge on any atom is -0.462 e. The van der Waals surface area contributed by atoms with Crippen LogP contribution in [0, 0.1) is 0 Å². The Bertz CT molecular complexity index is 879. The van der Waals surface area contributed by atoms with E-state index in [2.05, 4.69) is 0 Å². The lowest BCUT2D eigenvalue weighted by Gasteiger charge is -2.16. The Hall–Kier alpha value is -2.80. The van der Waals surface area contributed by atoms with E-state index in [1.807, 2.05) is 24.3 Å². The summed E-state index contributed by atoms with van der Waals surface area (Å²) in [5.74, 6) is 0.995. The van der Waals surface area contributed by atoms with Crippen LogP contribution in [0.1, 0.15) is 36.2 Å². The van der Waals surface area contributed by atoms with Gasteiger partial charge in [-0.15, -0.1) is 0 Å². The SMILES string of the molecule is CCOC(=O)c1ccc(Oc2ccc(CN3CC(SC(C)=O)CC3=O)cc2)cc1. The molecule has 1 fully saturated rings. The van der Waals surface area contributed by atoms with E-state index in [4.69, 9.17) is 9.47 Å². The number of hydrogen-bond acceptors (Lipinski definition) is 6. The van der Waals surface area contributed by atoms with Crippen LogP contribution in [0.25, 0.3) is 0 Å². The minimum atomic E-state index is -0.358. The molecular weight excluding hydrogens is 390 g/mol. The Labute approximate surface area is 174 Å². The molecule has 2 aromatic rings. The van der Waals surface area contributed by atoms with Gasteiger partial charge in [0.15, 0.2) is 5.12 Å². The number of amides is 1. The van der Waals surface area contributed by atoms with Crippen LogP contribution in [0.5, 0.6) is 11.5 Å². The molecule has 0 saturated carbocycles. The summed E-state index contributed by atoms with van der Waals surface area (Å²) < 4.78 is 10.8. The van der Waals surface area contributed by atoms with Crippen molar-refractivity contribution in [1.82, 2.24) is 4.90 Å². The van der Waals surface area contributed by atoms with E-state index in [-0.39, 0.29) is 22.2 Å². The molecule has 6 nitrogen and oxygen atoms in total. The Morgan fingerprint density at radius 3 is 2.28 bits per heavy atom. The average Bonchev–Trinajstić information content (AvgIpc) is 3.02. The first-order valence-corrected chi connectivity index (χ1v) is 10.3. The molecule has 0 spiro atoms. The van der Waals surface area contributed by atoms with E-state index in [0.29, 0.717) is 43.2 Å². The van der Waals surface area contributed by atoms with Gasteiger partial charge in [0.05, 0.1) is 12.2 Å². The molecule has 1 aliphatic rings. The molecule has 7 heteroatoms. The summed E-state index contributed by atoms with van der Waals surface area (Å²) in [7, 11) is 0. The van der Waals surface area contributed by atoms with Crippen LogP contribution >= 0.6 is 11.8 Å². The van der Waals surface area contributed by atoms with Crippen molar-refractivity contribution in [3.05, 3.63) is 59.7 Å². The van der Waals surface area contributed by atoms with Crippen LogP contribution < -0.4 is 4.74 Å². The summed E-state index contributed by atoms with van der Waals surface area (Å²) in [4.78, 5) is 36.8. The van der Waals surface area contributed by atoms with Crippen molar-refractivity contribution in [3.63, 3.8) is 0 Å². The molecule has 1 unspecified atom stereocenters. The third kappa shape index (κ3) is 5.84. The van der Waals surface area contributed by atoms with E-state index in [9.17, 15) is 14.4 Å². The van der Waals surface area contributed by atoms with Gasteiger partial charge in [0.25, 0.3) is 0 Å². The van der Waals surface area contributed by atoms with Crippen LogP contribution in [0.3, 0.4) is 0 Å². The number of thioether (sulfide) groups is 1. The predicted molar refractivity (Wildman–Crippen MR) is 111 cm³/mol. The molecule has 0 radical (unpaired) electrons. The van der Waals surface area contributed by atoms with Gasteiger partial charge in [-0.2, -0.15) is 0 Å². The monoisotopic (exact) mass is 413 g/mol. The lowest BCUT2D eigenvalue weighted by atomic mass is 10.2. The first kappa shape index (κ1) is 20.9. The number of carbonyl (C=O) groups is 3. The van der Waals surface area contributed by atoms with Crippen LogP contribution in [-0.2, 0) is 20.9 Å². The highest BCUT2D eigenvalue weighted by Crippen LogP contribution is 2.27. The predicted octanol–water partition coefficient (Wildman–Crippen LogP) is 4.04. The first-order valence-electron chi connectivity index (χ1n) is 9.43. The molecule has 2 aromatic carbocycles.